The fourth-order valence-electron chi connectivity index (χ4n) is 4.27. The number of ether oxygens (including phenoxy) is 1. The van der Waals surface area contributed by atoms with E-state index in [0.717, 1.165) is 13.0 Å². The maximum atomic E-state index is 13.9. The van der Waals surface area contributed by atoms with E-state index in [1.54, 1.807) is 7.05 Å². The minimum Gasteiger partial charge on any atom is -0.492 e. The van der Waals surface area contributed by atoms with Gasteiger partial charge in [0.25, 0.3) is 0 Å². The first-order valence-electron chi connectivity index (χ1n) is 11.9. The first-order chi connectivity index (χ1) is 18.2. The third-order valence-electron chi connectivity index (χ3n) is 6.56. The summed E-state index contributed by atoms with van der Waals surface area (Å²) in [5, 5.41) is 26.8. The van der Waals surface area contributed by atoms with E-state index in [0.29, 0.717) is 18.6 Å². The number of pyridine rings is 1. The summed E-state index contributed by atoms with van der Waals surface area (Å²) in [6.45, 7) is 1.64. The Morgan fingerprint density at radius 3 is 2.33 bits per heavy atom. The van der Waals surface area contributed by atoms with E-state index in [1.807, 2.05) is 11.0 Å². The smallest absolute Gasteiger partial charge is 0.419 e. The van der Waals surface area contributed by atoms with Crippen molar-refractivity contribution in [2.24, 2.45) is 7.05 Å². The van der Waals surface area contributed by atoms with E-state index in [4.69, 9.17) is 4.74 Å². The Labute approximate surface area is 219 Å². The van der Waals surface area contributed by atoms with E-state index in [1.165, 1.54) is 27.8 Å². The van der Waals surface area contributed by atoms with Crippen LogP contribution in [-0.2, 0) is 13.2 Å². The molecular formula is C24H25F6N7O2. The van der Waals surface area contributed by atoms with Gasteiger partial charge in [-0.25, -0.2) is 9.67 Å². The van der Waals surface area contributed by atoms with Crippen LogP contribution in [0.5, 0.6) is 5.75 Å². The summed E-state index contributed by atoms with van der Waals surface area (Å²) in [5.41, 5.74) is -2.96. The van der Waals surface area contributed by atoms with Gasteiger partial charge in [-0.1, -0.05) is 5.21 Å². The first-order valence-corrected chi connectivity index (χ1v) is 11.9. The number of rotatable bonds is 7. The summed E-state index contributed by atoms with van der Waals surface area (Å²) < 4.78 is 87.4. The molecule has 210 valence electrons. The number of nitrogens with zero attached hydrogens (tertiary/aromatic N) is 7. The number of aryl methyl sites for hydroxylation is 1. The van der Waals surface area contributed by atoms with Gasteiger partial charge in [-0.15, -0.1) is 5.10 Å². The molecule has 4 rings (SSSR count). The highest BCUT2D eigenvalue weighted by Crippen LogP contribution is 2.39. The van der Waals surface area contributed by atoms with Crippen LogP contribution >= 0.6 is 0 Å². The zero-order valence-electron chi connectivity index (χ0n) is 21.0. The number of hydrogen-bond acceptors (Lipinski definition) is 8. The van der Waals surface area contributed by atoms with Crippen molar-refractivity contribution in [2.45, 2.75) is 24.9 Å². The molecule has 1 unspecified atom stereocenters. The van der Waals surface area contributed by atoms with Crippen LogP contribution in [0.15, 0.2) is 24.3 Å². The van der Waals surface area contributed by atoms with Gasteiger partial charge in [0.05, 0.1) is 16.8 Å². The largest absolute Gasteiger partial charge is 0.492 e. The monoisotopic (exact) mass is 557 g/mol. The molecule has 1 aliphatic heterocycles. The van der Waals surface area contributed by atoms with Crippen molar-refractivity contribution >= 4 is 11.0 Å². The molecule has 1 N–H and O–H groups in total. The van der Waals surface area contributed by atoms with Crippen LogP contribution in [0.3, 0.4) is 0 Å². The van der Waals surface area contributed by atoms with Crippen molar-refractivity contribution in [2.75, 3.05) is 45.9 Å². The molecule has 1 atom stereocenters. The van der Waals surface area contributed by atoms with Crippen LogP contribution in [0, 0.1) is 11.3 Å². The lowest BCUT2D eigenvalue weighted by atomic mass is 10.1. The van der Waals surface area contributed by atoms with Gasteiger partial charge < -0.3 is 9.84 Å². The lowest BCUT2D eigenvalue weighted by molar-refractivity contribution is -0.258. The van der Waals surface area contributed by atoms with Crippen LogP contribution < -0.4 is 4.74 Å². The first kappa shape index (κ1) is 28.5. The molecule has 0 spiro atoms. The number of alkyl halides is 6. The SMILES string of the molecule is Cn1nnc2c(C#N)nc(-c3ccc(OCCN4CCN(CC(C)(O)C(F)(F)F)CC4)c(C(F)(F)F)c3)cc21. The highest BCUT2D eigenvalue weighted by atomic mass is 19.4. The zero-order chi connectivity index (χ0) is 28.6. The van der Waals surface area contributed by atoms with Crippen LogP contribution in [0.2, 0.25) is 0 Å². The van der Waals surface area contributed by atoms with Gasteiger partial charge in [-0.05, 0) is 31.2 Å². The molecule has 15 heteroatoms. The summed E-state index contributed by atoms with van der Waals surface area (Å²) in [7, 11) is 1.59. The Hall–Kier alpha value is -3.48. The van der Waals surface area contributed by atoms with Crippen molar-refractivity contribution < 1.29 is 36.2 Å². The number of nitriles is 1. The van der Waals surface area contributed by atoms with Crippen molar-refractivity contribution in [3.8, 4) is 23.1 Å². The molecule has 1 aliphatic rings. The predicted octanol–water partition coefficient (Wildman–Crippen LogP) is 3.23. The maximum absolute atomic E-state index is 13.9. The Balaban J connectivity index is 1.42. The van der Waals surface area contributed by atoms with Crippen molar-refractivity contribution in [3.05, 3.63) is 35.5 Å². The fraction of sp³-hybridized carbons (Fsp3) is 0.500. The van der Waals surface area contributed by atoms with Crippen LogP contribution in [0.25, 0.3) is 22.3 Å². The van der Waals surface area contributed by atoms with Gasteiger partial charge in [0, 0.05) is 51.9 Å². The molecule has 0 aliphatic carbocycles. The van der Waals surface area contributed by atoms with Gasteiger partial charge >= 0.3 is 12.4 Å². The molecule has 0 bridgehead atoms. The van der Waals surface area contributed by atoms with Crippen molar-refractivity contribution in [1.29, 1.82) is 5.26 Å². The minimum atomic E-state index is -4.75. The van der Waals surface area contributed by atoms with Gasteiger partial charge in [0.15, 0.2) is 11.3 Å². The summed E-state index contributed by atoms with van der Waals surface area (Å²) >= 11 is 0. The minimum absolute atomic E-state index is 0.0633. The van der Waals surface area contributed by atoms with Gasteiger partial charge in [0.2, 0.25) is 0 Å². The third-order valence-corrected chi connectivity index (χ3v) is 6.56. The molecule has 39 heavy (non-hydrogen) atoms. The molecule has 2 aromatic heterocycles. The Morgan fingerprint density at radius 1 is 1.05 bits per heavy atom. The number of aliphatic hydroxyl groups is 1. The number of fused-ring (bicyclic) bond motifs is 1. The van der Waals surface area contributed by atoms with Gasteiger partial charge in [-0.2, -0.15) is 31.6 Å². The average molecular weight is 557 g/mol. The maximum Gasteiger partial charge on any atom is 0.419 e. The van der Waals surface area contributed by atoms with Crippen LogP contribution in [0.1, 0.15) is 18.2 Å². The van der Waals surface area contributed by atoms with E-state index in [2.05, 4.69) is 15.3 Å². The van der Waals surface area contributed by atoms with Crippen LogP contribution in [0.4, 0.5) is 26.3 Å². The number of halogens is 6. The summed E-state index contributed by atoms with van der Waals surface area (Å²) in [5.74, 6) is -0.380. The van der Waals surface area contributed by atoms with E-state index >= 15 is 0 Å². The fourth-order valence-corrected chi connectivity index (χ4v) is 4.27. The molecule has 1 aromatic carbocycles. The second kappa shape index (κ2) is 10.6. The third kappa shape index (κ3) is 6.23. The summed E-state index contributed by atoms with van der Waals surface area (Å²) in [6.07, 6.45) is -9.48. The molecule has 0 amide bonds. The second-order valence-electron chi connectivity index (χ2n) is 9.50. The number of β-amino-alcohol motifs (C(OH)–C–C–N with tert-alkyl or cyclic N) is 1. The number of benzene rings is 1. The highest BCUT2D eigenvalue weighted by molar-refractivity contribution is 5.83. The molecule has 9 nitrogen and oxygen atoms in total. The topological polar surface area (TPSA) is 103 Å². The molecule has 0 radical (unpaired) electrons. The van der Waals surface area contributed by atoms with E-state index in [9.17, 15) is 36.7 Å². The average Bonchev–Trinajstić information content (AvgIpc) is 3.24. The molecule has 1 saturated heterocycles. The number of piperazine rings is 1. The Morgan fingerprint density at radius 2 is 1.72 bits per heavy atom. The van der Waals surface area contributed by atoms with Crippen molar-refractivity contribution in [1.82, 2.24) is 29.8 Å². The second-order valence-corrected chi connectivity index (χ2v) is 9.50. The Bertz CT molecular complexity index is 1370. The lowest BCUT2D eigenvalue weighted by Gasteiger charge is -2.38. The summed E-state index contributed by atoms with van der Waals surface area (Å²) in [6, 6.07) is 6.89. The number of aromatic nitrogens is 4. The lowest BCUT2D eigenvalue weighted by Crippen LogP contribution is -2.56. The molecule has 3 aromatic rings. The standard InChI is InChI=1S/C24H25F6N7O2/c1-22(38,24(28,29)30)14-37-7-5-36(6-8-37)9-10-39-20-4-3-15(11-16(20)23(25,26)27)17-12-19-21(18(13-31)32-17)33-34-35(19)2/h3-4,11-12,38H,5-10,14H2,1-2H3. The molecule has 3 heterocycles. The Kier molecular flexibility index (Phi) is 7.75. The molecular weight excluding hydrogens is 532 g/mol. The van der Waals surface area contributed by atoms with Gasteiger partial charge in [-0.3, -0.25) is 9.80 Å². The summed E-state index contributed by atoms with van der Waals surface area (Å²) in [4.78, 5) is 7.51. The quantitative estimate of drug-likeness (QED) is 0.442. The number of hydrogen-bond donors (Lipinski definition) is 1. The predicted molar refractivity (Wildman–Crippen MR) is 127 cm³/mol. The molecule has 0 saturated carbocycles. The zero-order valence-corrected chi connectivity index (χ0v) is 21.0. The van der Waals surface area contributed by atoms with E-state index < -0.39 is 30.1 Å². The van der Waals surface area contributed by atoms with Gasteiger partial charge in [0.1, 0.15) is 23.9 Å². The van der Waals surface area contributed by atoms with E-state index in [-0.39, 0.29) is 54.5 Å². The highest BCUT2D eigenvalue weighted by Gasteiger charge is 2.50. The van der Waals surface area contributed by atoms with Crippen molar-refractivity contribution in [3.63, 3.8) is 0 Å². The normalized spacial score (nSPS) is 17.2. The molecule has 1 fully saturated rings. The van der Waals surface area contributed by atoms with Crippen LogP contribution in [-0.4, -0.2) is 92.5 Å².